The van der Waals surface area contributed by atoms with Gasteiger partial charge in [0.2, 0.25) is 0 Å². The van der Waals surface area contributed by atoms with Crippen LogP contribution in [0.15, 0.2) is 115 Å². The molecule has 0 saturated heterocycles. The number of halogens is 2. The van der Waals surface area contributed by atoms with Crippen LogP contribution in [0.25, 0.3) is 0 Å². The second-order valence-electron chi connectivity index (χ2n) is 7.26. The fraction of sp³-hybridized carbons (Fsp3) is 0.0769. The number of alkyl halides is 1. The predicted molar refractivity (Wildman–Crippen MR) is 137 cm³/mol. The van der Waals surface area contributed by atoms with Gasteiger partial charge in [0.1, 0.15) is 0 Å². The number of benzene rings is 4. The molecule has 4 aromatic rings. The minimum atomic E-state index is -2.97. The van der Waals surface area contributed by atoms with Gasteiger partial charge in [-0.1, -0.05) is 0 Å². The van der Waals surface area contributed by atoms with Gasteiger partial charge in [-0.2, -0.15) is 0 Å². The molecule has 0 atom stereocenters. The van der Waals surface area contributed by atoms with Crippen LogP contribution in [-0.2, 0) is 11.5 Å². The van der Waals surface area contributed by atoms with Gasteiger partial charge in [0.25, 0.3) is 0 Å². The van der Waals surface area contributed by atoms with Gasteiger partial charge < -0.3 is 0 Å². The summed E-state index contributed by atoms with van der Waals surface area (Å²) in [7, 11) is 0. The van der Waals surface area contributed by atoms with E-state index in [9.17, 15) is 0 Å². The minimum absolute atomic E-state index is 0.821. The first-order valence-electron chi connectivity index (χ1n) is 9.69. The molecule has 0 fully saturated rings. The normalized spacial score (nSPS) is 12.8. The summed E-state index contributed by atoms with van der Waals surface area (Å²) in [6.07, 6.45) is 0.921. The van der Waals surface area contributed by atoms with E-state index in [1.54, 1.807) is 0 Å². The Morgan fingerprint density at radius 1 is 0.552 bits per heavy atom. The maximum absolute atomic E-state index is 4.56. The fourth-order valence-corrected chi connectivity index (χ4v) is 13.2. The van der Waals surface area contributed by atoms with Crippen molar-refractivity contribution in [3.05, 3.63) is 126 Å². The van der Waals surface area contributed by atoms with E-state index < -0.39 is 5.31 Å². The van der Waals surface area contributed by atoms with Crippen LogP contribution in [0.4, 0.5) is 0 Å². The molecule has 29 heavy (non-hydrogen) atoms. The van der Waals surface area contributed by atoms with Crippen molar-refractivity contribution >= 4 is 52.6 Å². The molecule has 0 nitrogen and oxygen atoms in total. The number of rotatable bonds is 6. The van der Waals surface area contributed by atoms with Crippen LogP contribution in [0.5, 0.6) is 0 Å². The molecule has 0 aliphatic carbocycles. The van der Waals surface area contributed by atoms with Gasteiger partial charge in [0.05, 0.1) is 0 Å². The summed E-state index contributed by atoms with van der Waals surface area (Å²) >= 11 is 8.31. The second kappa shape index (κ2) is 8.56. The Morgan fingerprint density at radius 2 is 1.00 bits per heavy atom. The first-order valence-corrected chi connectivity index (χ1v) is 15.3. The molecule has 0 radical (unpaired) electrons. The quantitative estimate of drug-likeness (QED) is 0.189. The van der Waals surface area contributed by atoms with Crippen molar-refractivity contribution in [2.45, 2.75) is 11.5 Å². The Bertz CT molecular complexity index is 1040. The molecule has 4 rings (SSSR count). The summed E-state index contributed by atoms with van der Waals surface area (Å²) < 4.78 is 0. The van der Waals surface area contributed by atoms with E-state index in [4.69, 9.17) is 0 Å². The molecule has 3 heteroatoms. The fourth-order valence-electron chi connectivity index (χ4n) is 4.18. The molecule has 0 aliphatic heterocycles. The van der Waals surface area contributed by atoms with E-state index in [2.05, 4.69) is 147 Å². The number of hydrogen-bond donors (Lipinski definition) is 0. The maximum atomic E-state index is 4.56. The average Bonchev–Trinajstić information content (AvgIpc) is 2.81. The molecule has 0 unspecified atom stereocenters. The zero-order valence-electron chi connectivity index (χ0n) is 16.1. The van der Waals surface area contributed by atoms with E-state index in [0.29, 0.717) is 0 Å². The molecular weight excluding hydrogens is 503 g/mol. The average molecular weight is 526 g/mol. The summed E-state index contributed by atoms with van der Waals surface area (Å²) in [5.41, 5.74) is 2.66. The topological polar surface area (TPSA) is 0 Å². The molecule has 0 aliphatic rings. The van der Waals surface area contributed by atoms with Crippen LogP contribution >= 0.6 is 36.7 Å². The van der Waals surface area contributed by atoms with Crippen molar-refractivity contribution in [2.75, 3.05) is 0 Å². The molecule has 0 bridgehead atoms. The Balaban J connectivity index is 2.14. The molecule has 4 aromatic carbocycles. The van der Waals surface area contributed by atoms with Crippen LogP contribution in [0, 0.1) is 0 Å². The summed E-state index contributed by atoms with van der Waals surface area (Å²) in [4.78, 5) is 0. The Kier molecular flexibility index (Phi) is 6.06. The van der Waals surface area contributed by atoms with E-state index in [1.807, 2.05) is 0 Å². The van der Waals surface area contributed by atoms with Gasteiger partial charge >= 0.3 is 191 Å². The second-order valence-corrected chi connectivity index (χ2v) is 16.7. The molecule has 0 saturated carbocycles. The zero-order chi connectivity index (χ0) is 20.2. The van der Waals surface area contributed by atoms with Gasteiger partial charge in [-0.05, 0) is 0 Å². The van der Waals surface area contributed by atoms with Crippen molar-refractivity contribution in [1.29, 1.82) is 0 Å². The van der Waals surface area contributed by atoms with E-state index in [1.165, 1.54) is 27.0 Å². The van der Waals surface area contributed by atoms with Gasteiger partial charge in [-0.25, -0.2) is 0 Å². The standard InChI is InChI=1S/C26H23Br2P/c27-20-23-14-10-11-19-26(23)29(28,24-15-6-2-7-16-24,25-17-8-3-9-18-25)21-22-12-4-1-5-13-22/h1-19H,20-21H2. The van der Waals surface area contributed by atoms with Crippen molar-refractivity contribution in [2.24, 2.45) is 0 Å². The number of hydrogen-bond acceptors (Lipinski definition) is 0. The Morgan fingerprint density at radius 3 is 1.52 bits per heavy atom. The molecular formula is C26H23Br2P. The summed E-state index contributed by atoms with van der Waals surface area (Å²) in [6, 6.07) is 41.7. The van der Waals surface area contributed by atoms with E-state index in [0.717, 1.165) is 11.5 Å². The van der Waals surface area contributed by atoms with Gasteiger partial charge in [-0.15, -0.1) is 0 Å². The van der Waals surface area contributed by atoms with Crippen LogP contribution in [-0.4, -0.2) is 0 Å². The van der Waals surface area contributed by atoms with E-state index >= 15 is 0 Å². The first kappa shape index (κ1) is 20.5. The zero-order valence-corrected chi connectivity index (χ0v) is 20.2. The first-order chi connectivity index (χ1) is 14.2. The summed E-state index contributed by atoms with van der Waals surface area (Å²) in [5.74, 6) is 0. The Hall–Kier alpha value is -1.73. The molecule has 0 aromatic heterocycles. The van der Waals surface area contributed by atoms with Gasteiger partial charge in [0, 0.05) is 0 Å². The molecule has 0 spiro atoms. The molecule has 146 valence electrons. The van der Waals surface area contributed by atoms with Crippen LogP contribution in [0.3, 0.4) is 0 Å². The van der Waals surface area contributed by atoms with Crippen LogP contribution in [0.1, 0.15) is 11.1 Å². The van der Waals surface area contributed by atoms with Gasteiger partial charge in [-0.3, -0.25) is 0 Å². The third-order valence-corrected chi connectivity index (χ3v) is 15.7. The van der Waals surface area contributed by atoms with E-state index in [-0.39, 0.29) is 0 Å². The van der Waals surface area contributed by atoms with Crippen molar-refractivity contribution in [3.63, 3.8) is 0 Å². The predicted octanol–water partition coefficient (Wildman–Crippen LogP) is 6.92. The molecule has 0 N–H and O–H groups in total. The van der Waals surface area contributed by atoms with Crippen molar-refractivity contribution < 1.29 is 0 Å². The SMILES string of the molecule is BrCc1ccccc1P(Br)(Cc1ccccc1)(c1ccccc1)c1ccccc1. The summed E-state index contributed by atoms with van der Waals surface area (Å²) in [5, 5.41) is 1.94. The van der Waals surface area contributed by atoms with Crippen molar-refractivity contribution in [1.82, 2.24) is 0 Å². The monoisotopic (exact) mass is 524 g/mol. The van der Waals surface area contributed by atoms with Crippen LogP contribution in [0.2, 0.25) is 0 Å². The third-order valence-electron chi connectivity index (χ3n) is 5.55. The third kappa shape index (κ3) is 3.63. The summed E-state index contributed by atoms with van der Waals surface area (Å²) in [6.45, 7) is 0. The van der Waals surface area contributed by atoms with Gasteiger partial charge in [0.15, 0.2) is 0 Å². The molecule has 0 heterocycles. The molecule has 0 amide bonds. The van der Waals surface area contributed by atoms with Crippen LogP contribution < -0.4 is 15.9 Å². The Labute approximate surface area is 189 Å². The van der Waals surface area contributed by atoms with Crippen molar-refractivity contribution in [3.8, 4) is 0 Å².